The average Bonchev–Trinajstić information content (AvgIpc) is 2.98. The fourth-order valence-corrected chi connectivity index (χ4v) is 3.70. The maximum absolute atomic E-state index is 6.34. The molecule has 4 aromatic rings. The minimum Gasteiger partial charge on any atom is -1.00 e. The van der Waals surface area contributed by atoms with Crippen LogP contribution >= 0.6 is 23.2 Å². The molecule has 4 aromatic carbocycles. The summed E-state index contributed by atoms with van der Waals surface area (Å²) in [6.07, 6.45) is 0. The van der Waals surface area contributed by atoms with Gasteiger partial charge in [0.1, 0.15) is 0 Å². The summed E-state index contributed by atoms with van der Waals surface area (Å²) in [6.45, 7) is 2.14. The van der Waals surface area contributed by atoms with Gasteiger partial charge < -0.3 is 24.8 Å². The molecule has 0 N–H and O–H groups in total. The Balaban J connectivity index is 0.00000121. The summed E-state index contributed by atoms with van der Waals surface area (Å²) in [4.78, 5) is 0. The smallest absolute Gasteiger partial charge is 1.00 e. The predicted octanol–water partition coefficient (Wildman–Crippen LogP) is 1.51. The molecule has 0 atom stereocenters. The third-order valence-electron chi connectivity index (χ3n) is 4.40. The molecule has 0 saturated heterocycles. The summed E-state index contributed by atoms with van der Waals surface area (Å²) < 4.78 is 0. The van der Waals surface area contributed by atoms with Crippen molar-refractivity contribution in [2.24, 2.45) is 0 Å². The average molecular weight is 512 g/mol. The zero-order valence-corrected chi connectivity index (χ0v) is 19.9. The Morgan fingerprint density at radius 3 is 2.15 bits per heavy atom. The molecule has 0 saturated carbocycles. The van der Waals surface area contributed by atoms with E-state index in [1.165, 1.54) is 27.5 Å². The SMILES string of the molecule is Cc1cc(-c2ccc(Cl)cc2Cl)ccc1-c1cc2ccccc2[cH-]1.[Cl-].[Cl-].[Zr+3]. The minimum absolute atomic E-state index is 0. The fourth-order valence-electron chi connectivity index (χ4n) is 3.18. The summed E-state index contributed by atoms with van der Waals surface area (Å²) >= 11 is 12.3. The van der Waals surface area contributed by atoms with Crippen molar-refractivity contribution in [1.29, 1.82) is 0 Å². The molecule has 27 heavy (non-hydrogen) atoms. The van der Waals surface area contributed by atoms with E-state index in [2.05, 4.69) is 61.5 Å². The van der Waals surface area contributed by atoms with Crippen LogP contribution in [0.4, 0.5) is 0 Å². The van der Waals surface area contributed by atoms with E-state index in [-0.39, 0.29) is 51.0 Å². The van der Waals surface area contributed by atoms with Crippen LogP contribution in [0.3, 0.4) is 0 Å². The number of fused-ring (bicyclic) bond motifs is 1. The Morgan fingerprint density at radius 1 is 0.778 bits per heavy atom. The van der Waals surface area contributed by atoms with Crippen molar-refractivity contribution in [1.82, 2.24) is 0 Å². The number of rotatable bonds is 2. The molecular weight excluding hydrogens is 497 g/mol. The first-order valence-electron chi connectivity index (χ1n) is 7.84. The topological polar surface area (TPSA) is 0 Å². The van der Waals surface area contributed by atoms with Crippen molar-refractivity contribution in [3.05, 3.63) is 88.4 Å². The Kier molecular flexibility index (Phi) is 9.19. The Bertz CT molecular complexity index is 1020. The second-order valence-corrected chi connectivity index (χ2v) is 6.87. The first kappa shape index (κ1) is 24.4. The van der Waals surface area contributed by atoms with Crippen LogP contribution in [0.25, 0.3) is 33.0 Å². The van der Waals surface area contributed by atoms with Crippen LogP contribution in [0.1, 0.15) is 5.56 Å². The van der Waals surface area contributed by atoms with Crippen molar-refractivity contribution in [3.8, 4) is 22.3 Å². The standard InChI is InChI=1S/C22H15Cl2.2ClH.Zr/c1-14-10-17(21-9-7-19(23)13-22(21)24)6-8-20(14)18-11-15-4-2-3-5-16(15)12-18;;;/h2-13H,1H3;2*1H;/q-1;;;+3/p-2. The van der Waals surface area contributed by atoms with Crippen LogP contribution in [0.5, 0.6) is 0 Å². The van der Waals surface area contributed by atoms with Crippen molar-refractivity contribution < 1.29 is 51.0 Å². The molecule has 0 aliphatic heterocycles. The molecule has 0 aliphatic carbocycles. The third-order valence-corrected chi connectivity index (χ3v) is 4.95. The zero-order chi connectivity index (χ0) is 16.7. The van der Waals surface area contributed by atoms with E-state index in [1.54, 1.807) is 6.07 Å². The van der Waals surface area contributed by atoms with E-state index in [9.17, 15) is 0 Å². The number of aryl methyl sites for hydroxylation is 1. The summed E-state index contributed by atoms with van der Waals surface area (Å²) in [5.74, 6) is 0. The Hall–Kier alpha value is -0.687. The van der Waals surface area contributed by atoms with E-state index < -0.39 is 0 Å². The van der Waals surface area contributed by atoms with Gasteiger partial charge in [-0.3, -0.25) is 0 Å². The molecule has 1 radical (unpaired) electrons. The van der Waals surface area contributed by atoms with Gasteiger partial charge in [0.2, 0.25) is 0 Å². The summed E-state index contributed by atoms with van der Waals surface area (Å²) in [5, 5.41) is 3.88. The van der Waals surface area contributed by atoms with Gasteiger partial charge in [0.05, 0.1) is 0 Å². The van der Waals surface area contributed by atoms with Crippen LogP contribution in [-0.2, 0) is 26.2 Å². The van der Waals surface area contributed by atoms with Gasteiger partial charge in [0.25, 0.3) is 0 Å². The minimum atomic E-state index is 0. The molecule has 0 heterocycles. The molecule has 0 nitrogen and oxygen atoms in total. The van der Waals surface area contributed by atoms with Crippen molar-refractivity contribution >= 4 is 34.0 Å². The normalized spacial score (nSPS) is 9.89. The fraction of sp³-hybridized carbons (Fsp3) is 0.0455. The number of hydrogen-bond donors (Lipinski definition) is 0. The van der Waals surface area contributed by atoms with Crippen molar-refractivity contribution in [2.75, 3.05) is 0 Å². The van der Waals surface area contributed by atoms with E-state index in [4.69, 9.17) is 23.2 Å². The first-order valence-corrected chi connectivity index (χ1v) is 8.59. The second-order valence-electron chi connectivity index (χ2n) is 6.03. The van der Waals surface area contributed by atoms with Crippen LogP contribution in [0.15, 0.2) is 72.8 Å². The molecule has 0 amide bonds. The largest absolute Gasteiger partial charge is 3.00 e. The number of halogens is 4. The van der Waals surface area contributed by atoms with Gasteiger partial charge in [0, 0.05) is 15.6 Å². The maximum atomic E-state index is 6.34. The van der Waals surface area contributed by atoms with E-state index in [1.807, 2.05) is 12.1 Å². The molecule has 0 aromatic heterocycles. The summed E-state index contributed by atoms with van der Waals surface area (Å²) in [5.41, 5.74) is 5.84. The quantitative estimate of drug-likeness (QED) is 0.358. The van der Waals surface area contributed by atoms with Gasteiger partial charge in [-0.2, -0.15) is 0 Å². The summed E-state index contributed by atoms with van der Waals surface area (Å²) in [7, 11) is 0. The zero-order valence-electron chi connectivity index (χ0n) is 14.4. The molecule has 0 bridgehead atoms. The molecule has 5 heteroatoms. The van der Waals surface area contributed by atoms with Gasteiger partial charge in [-0.05, 0) is 24.6 Å². The molecule has 4 rings (SSSR count). The Labute approximate surface area is 201 Å². The monoisotopic (exact) mass is 509 g/mol. The van der Waals surface area contributed by atoms with Gasteiger partial charge in [0.15, 0.2) is 0 Å². The van der Waals surface area contributed by atoms with Crippen molar-refractivity contribution in [2.45, 2.75) is 6.92 Å². The van der Waals surface area contributed by atoms with E-state index >= 15 is 0 Å². The molecule has 0 aliphatic rings. The predicted molar refractivity (Wildman–Crippen MR) is 105 cm³/mol. The van der Waals surface area contributed by atoms with E-state index in [0.29, 0.717) is 10.0 Å². The maximum Gasteiger partial charge on any atom is 3.00 e. The van der Waals surface area contributed by atoms with Crippen LogP contribution in [-0.4, -0.2) is 0 Å². The van der Waals surface area contributed by atoms with Crippen LogP contribution in [0.2, 0.25) is 10.0 Å². The van der Waals surface area contributed by atoms with Gasteiger partial charge in [-0.15, -0.1) is 34.5 Å². The molecular formula is C22H15Cl4Zr. The van der Waals surface area contributed by atoms with Crippen LogP contribution < -0.4 is 24.8 Å². The number of hydrogen-bond acceptors (Lipinski definition) is 0. The molecule has 0 fully saturated rings. The van der Waals surface area contributed by atoms with Gasteiger partial charge >= 0.3 is 26.2 Å². The molecule has 135 valence electrons. The van der Waals surface area contributed by atoms with Crippen LogP contribution in [0, 0.1) is 6.92 Å². The summed E-state index contributed by atoms with van der Waals surface area (Å²) in [6, 6.07) is 25.0. The second kappa shape index (κ2) is 10.2. The van der Waals surface area contributed by atoms with Gasteiger partial charge in [-0.25, -0.2) is 0 Å². The number of benzene rings is 3. The Morgan fingerprint density at radius 2 is 1.48 bits per heavy atom. The van der Waals surface area contributed by atoms with E-state index in [0.717, 1.165) is 11.1 Å². The van der Waals surface area contributed by atoms with Gasteiger partial charge in [-0.1, -0.05) is 76.8 Å². The third kappa shape index (κ3) is 5.03. The van der Waals surface area contributed by atoms with Crippen molar-refractivity contribution in [3.63, 3.8) is 0 Å². The molecule has 0 spiro atoms. The molecule has 0 unspecified atom stereocenters. The first-order chi connectivity index (χ1) is 11.6.